The van der Waals surface area contributed by atoms with Gasteiger partial charge in [-0.1, -0.05) is 23.7 Å². The predicted molar refractivity (Wildman–Crippen MR) is 111 cm³/mol. The van der Waals surface area contributed by atoms with Crippen molar-refractivity contribution in [2.75, 3.05) is 16.7 Å². The number of hydrogen-bond acceptors (Lipinski definition) is 4. The fourth-order valence-corrected chi connectivity index (χ4v) is 5.19. The summed E-state index contributed by atoms with van der Waals surface area (Å²) >= 11 is 6.01. The average molecular weight is 431 g/mol. The Morgan fingerprint density at radius 2 is 1.90 bits per heavy atom. The number of carbonyl (C=O) groups is 2. The van der Waals surface area contributed by atoms with Gasteiger partial charge in [-0.3, -0.25) is 9.52 Å². The van der Waals surface area contributed by atoms with Crippen LogP contribution >= 0.6 is 11.6 Å². The van der Waals surface area contributed by atoms with Crippen LogP contribution in [0.2, 0.25) is 5.02 Å². The fourth-order valence-electron chi connectivity index (χ4n) is 3.65. The molecule has 1 aliphatic heterocycles. The molecule has 0 fully saturated rings. The molecule has 0 saturated heterocycles. The third-order valence-corrected chi connectivity index (χ3v) is 6.56. The second kappa shape index (κ2) is 6.47. The predicted octanol–water partition coefficient (Wildman–Crippen LogP) is 3.89. The molecule has 7 nitrogen and oxygen atoms in total. The molecule has 0 aliphatic carbocycles. The first kappa shape index (κ1) is 19.2. The molecule has 0 radical (unpaired) electrons. The van der Waals surface area contributed by atoms with Crippen molar-refractivity contribution in [3.8, 4) is 0 Å². The standard InChI is InChI=1S/C20H15ClN2O5S/c1-10-8-11(21)9-14(17(10)20(25)26)22-29(27,28)16-7-6-15-18-12(16)4-3-5-13(18)19(24)23(15)2/h3-9,22H,1-2H3,(H,25,26). The summed E-state index contributed by atoms with van der Waals surface area (Å²) in [6.07, 6.45) is 0. The minimum absolute atomic E-state index is 0.0600. The van der Waals surface area contributed by atoms with Gasteiger partial charge in [-0.2, -0.15) is 0 Å². The SMILES string of the molecule is Cc1cc(Cl)cc(NS(=O)(=O)c2ccc3c4c(cccc24)C(=O)N3C)c1C(=O)O. The van der Waals surface area contributed by atoms with Gasteiger partial charge in [0.15, 0.2) is 0 Å². The number of halogens is 1. The molecule has 0 aromatic heterocycles. The lowest BCUT2D eigenvalue weighted by Gasteiger charge is -2.15. The van der Waals surface area contributed by atoms with Crippen LogP contribution in [0, 0.1) is 6.92 Å². The molecular weight excluding hydrogens is 416 g/mol. The van der Waals surface area contributed by atoms with Crippen LogP contribution in [-0.2, 0) is 10.0 Å². The Hall–Kier alpha value is -3.10. The Morgan fingerprint density at radius 1 is 1.17 bits per heavy atom. The Kier molecular flexibility index (Phi) is 4.29. The highest BCUT2D eigenvalue weighted by molar-refractivity contribution is 7.93. The van der Waals surface area contributed by atoms with Gasteiger partial charge in [-0.25, -0.2) is 13.2 Å². The molecule has 0 unspecified atom stereocenters. The highest BCUT2D eigenvalue weighted by Gasteiger charge is 2.30. The highest BCUT2D eigenvalue weighted by atomic mass is 35.5. The van der Waals surface area contributed by atoms with Crippen molar-refractivity contribution < 1.29 is 23.1 Å². The van der Waals surface area contributed by atoms with Crippen LogP contribution in [-0.4, -0.2) is 32.4 Å². The maximum absolute atomic E-state index is 13.2. The van der Waals surface area contributed by atoms with Crippen molar-refractivity contribution in [3.63, 3.8) is 0 Å². The van der Waals surface area contributed by atoms with Crippen molar-refractivity contribution in [2.24, 2.45) is 0 Å². The highest BCUT2D eigenvalue weighted by Crippen LogP contribution is 2.40. The third-order valence-electron chi connectivity index (χ3n) is 4.92. The molecule has 1 heterocycles. The normalized spacial score (nSPS) is 13.2. The number of sulfonamides is 1. The molecule has 0 bridgehead atoms. The van der Waals surface area contributed by atoms with E-state index in [1.807, 2.05) is 0 Å². The van der Waals surface area contributed by atoms with E-state index in [4.69, 9.17) is 11.6 Å². The molecule has 9 heteroatoms. The lowest BCUT2D eigenvalue weighted by atomic mass is 10.1. The molecular formula is C20H15ClN2O5S. The van der Waals surface area contributed by atoms with Gasteiger partial charge >= 0.3 is 5.97 Å². The van der Waals surface area contributed by atoms with Crippen LogP contribution in [0.1, 0.15) is 26.3 Å². The molecule has 3 aromatic carbocycles. The van der Waals surface area contributed by atoms with Gasteiger partial charge in [0.2, 0.25) is 0 Å². The topological polar surface area (TPSA) is 104 Å². The van der Waals surface area contributed by atoms with E-state index in [2.05, 4.69) is 4.72 Å². The van der Waals surface area contributed by atoms with Gasteiger partial charge < -0.3 is 10.0 Å². The summed E-state index contributed by atoms with van der Waals surface area (Å²) in [5.41, 5.74) is 1.05. The second-order valence-electron chi connectivity index (χ2n) is 6.73. The van der Waals surface area contributed by atoms with Crippen LogP contribution in [0.5, 0.6) is 0 Å². The van der Waals surface area contributed by atoms with E-state index in [9.17, 15) is 23.1 Å². The number of aryl methyl sites for hydroxylation is 1. The zero-order valence-electron chi connectivity index (χ0n) is 15.4. The summed E-state index contributed by atoms with van der Waals surface area (Å²) in [5, 5.41) is 10.6. The zero-order chi connectivity index (χ0) is 21.1. The Labute approximate surface area is 171 Å². The van der Waals surface area contributed by atoms with Crippen molar-refractivity contribution in [2.45, 2.75) is 11.8 Å². The van der Waals surface area contributed by atoms with Gasteiger partial charge in [0.1, 0.15) is 0 Å². The first-order valence-corrected chi connectivity index (χ1v) is 10.4. The second-order valence-corrected chi connectivity index (χ2v) is 8.82. The third kappa shape index (κ3) is 2.92. The van der Waals surface area contributed by atoms with Crippen LogP contribution < -0.4 is 9.62 Å². The lowest BCUT2D eigenvalue weighted by molar-refractivity contribution is 0.0697. The lowest BCUT2D eigenvalue weighted by Crippen LogP contribution is -2.20. The number of carboxylic acids is 1. The number of hydrogen-bond donors (Lipinski definition) is 2. The first-order chi connectivity index (χ1) is 13.6. The smallest absolute Gasteiger partial charge is 0.338 e. The van der Waals surface area contributed by atoms with Gasteiger partial charge in [0.25, 0.3) is 15.9 Å². The maximum atomic E-state index is 13.2. The summed E-state index contributed by atoms with van der Waals surface area (Å²) in [5.74, 6) is -1.49. The quantitative estimate of drug-likeness (QED) is 0.653. The van der Waals surface area contributed by atoms with E-state index >= 15 is 0 Å². The average Bonchev–Trinajstić information content (AvgIpc) is 2.87. The van der Waals surface area contributed by atoms with E-state index in [0.29, 0.717) is 27.6 Å². The number of nitrogens with zero attached hydrogens (tertiary/aromatic N) is 1. The van der Waals surface area contributed by atoms with Crippen molar-refractivity contribution >= 4 is 55.6 Å². The van der Waals surface area contributed by atoms with Crippen molar-refractivity contribution in [3.05, 3.63) is 64.2 Å². The number of carboxylic acid groups (broad SMARTS) is 1. The minimum Gasteiger partial charge on any atom is -0.478 e. The Morgan fingerprint density at radius 3 is 2.59 bits per heavy atom. The van der Waals surface area contributed by atoms with Gasteiger partial charge in [0, 0.05) is 28.4 Å². The molecule has 1 amide bonds. The largest absolute Gasteiger partial charge is 0.478 e. The number of amides is 1. The summed E-state index contributed by atoms with van der Waals surface area (Å²) in [7, 11) is -2.55. The number of aromatic carboxylic acids is 1. The van der Waals surface area contributed by atoms with E-state index in [-0.39, 0.29) is 27.1 Å². The van der Waals surface area contributed by atoms with Crippen LogP contribution in [0.3, 0.4) is 0 Å². The number of benzene rings is 3. The minimum atomic E-state index is -4.17. The molecule has 148 valence electrons. The summed E-state index contributed by atoms with van der Waals surface area (Å²) in [6.45, 7) is 1.54. The molecule has 1 aliphatic rings. The van der Waals surface area contributed by atoms with Gasteiger partial charge in [-0.05, 0) is 42.8 Å². The number of anilines is 2. The van der Waals surface area contributed by atoms with Crippen LogP contribution in [0.25, 0.3) is 10.8 Å². The Bertz CT molecular complexity index is 1330. The van der Waals surface area contributed by atoms with Gasteiger partial charge in [0.05, 0.1) is 21.8 Å². The van der Waals surface area contributed by atoms with Crippen LogP contribution in [0.4, 0.5) is 11.4 Å². The summed E-state index contributed by atoms with van der Waals surface area (Å²) in [4.78, 5) is 25.4. The fraction of sp³-hybridized carbons (Fsp3) is 0.100. The zero-order valence-corrected chi connectivity index (χ0v) is 16.9. The number of rotatable bonds is 4. The van der Waals surface area contributed by atoms with Crippen molar-refractivity contribution in [1.82, 2.24) is 0 Å². The molecule has 4 rings (SSSR count). The van der Waals surface area contributed by atoms with Crippen molar-refractivity contribution in [1.29, 1.82) is 0 Å². The molecule has 0 atom stereocenters. The van der Waals surface area contributed by atoms with E-state index < -0.39 is 16.0 Å². The number of nitrogens with one attached hydrogen (secondary N) is 1. The molecule has 3 aromatic rings. The molecule has 2 N–H and O–H groups in total. The molecule has 0 saturated carbocycles. The van der Waals surface area contributed by atoms with Gasteiger partial charge in [-0.15, -0.1) is 0 Å². The number of carbonyl (C=O) groups excluding carboxylic acids is 1. The van der Waals surface area contributed by atoms with Crippen LogP contribution in [0.15, 0.2) is 47.4 Å². The molecule has 0 spiro atoms. The van der Waals surface area contributed by atoms with E-state index in [1.165, 1.54) is 30.0 Å². The van der Waals surface area contributed by atoms with E-state index in [0.717, 1.165) is 0 Å². The Balaban J connectivity index is 1.91. The summed E-state index contributed by atoms with van der Waals surface area (Å²) < 4.78 is 28.7. The molecule has 29 heavy (non-hydrogen) atoms. The monoisotopic (exact) mass is 430 g/mol. The summed E-state index contributed by atoms with van der Waals surface area (Å²) in [6, 6.07) is 10.5. The maximum Gasteiger partial charge on any atom is 0.338 e. The first-order valence-electron chi connectivity index (χ1n) is 8.52. The van der Waals surface area contributed by atoms with E-state index in [1.54, 1.807) is 31.3 Å².